The van der Waals surface area contributed by atoms with Crippen LogP contribution in [0.1, 0.15) is 12.8 Å². The molecule has 0 amide bonds. The topological polar surface area (TPSA) is 71.3 Å². The van der Waals surface area contributed by atoms with Crippen LogP contribution in [0.3, 0.4) is 0 Å². The van der Waals surface area contributed by atoms with Gasteiger partial charge in [-0.05, 0) is 47.8 Å². The minimum atomic E-state index is -0.386. The van der Waals surface area contributed by atoms with Crippen LogP contribution in [0.2, 0.25) is 0 Å². The standard InChI is InChI=1S/C12H17BrN4O2/c1-16(8-9-3-2-4-14-5-9)12-10(13)6-15-7-11(12)17(18)19/h6-7,9,14H,2-5,8H2,1H3. The molecule has 0 radical (unpaired) electrons. The molecule has 19 heavy (non-hydrogen) atoms. The number of rotatable bonds is 4. The second-order valence-electron chi connectivity index (χ2n) is 4.84. The first-order chi connectivity index (χ1) is 9.09. The molecule has 1 atom stereocenters. The van der Waals surface area contributed by atoms with Crippen molar-refractivity contribution in [1.29, 1.82) is 0 Å². The molecule has 104 valence electrons. The highest BCUT2D eigenvalue weighted by molar-refractivity contribution is 9.10. The molecule has 1 aromatic heterocycles. The first-order valence-corrected chi connectivity index (χ1v) is 7.08. The van der Waals surface area contributed by atoms with Gasteiger partial charge in [-0.15, -0.1) is 0 Å². The average Bonchev–Trinajstić information content (AvgIpc) is 2.39. The number of anilines is 1. The van der Waals surface area contributed by atoms with E-state index in [0.717, 1.165) is 32.5 Å². The van der Waals surface area contributed by atoms with E-state index in [1.165, 1.54) is 6.20 Å². The molecule has 1 fully saturated rings. The highest BCUT2D eigenvalue weighted by Gasteiger charge is 2.23. The summed E-state index contributed by atoms with van der Waals surface area (Å²) in [4.78, 5) is 16.5. The van der Waals surface area contributed by atoms with Gasteiger partial charge < -0.3 is 10.2 Å². The number of halogens is 1. The van der Waals surface area contributed by atoms with E-state index in [2.05, 4.69) is 26.2 Å². The number of hydrogen-bond acceptors (Lipinski definition) is 5. The molecule has 1 aliphatic rings. The first kappa shape index (κ1) is 14.2. The van der Waals surface area contributed by atoms with E-state index >= 15 is 0 Å². The molecule has 7 heteroatoms. The predicted molar refractivity (Wildman–Crippen MR) is 77.5 cm³/mol. The van der Waals surface area contributed by atoms with Gasteiger partial charge in [0.15, 0.2) is 0 Å². The van der Waals surface area contributed by atoms with Crippen LogP contribution in [-0.2, 0) is 0 Å². The van der Waals surface area contributed by atoms with Crippen molar-refractivity contribution in [2.75, 3.05) is 31.6 Å². The van der Waals surface area contributed by atoms with Crippen LogP contribution in [0.25, 0.3) is 0 Å². The first-order valence-electron chi connectivity index (χ1n) is 6.29. The minimum Gasteiger partial charge on any atom is -0.368 e. The summed E-state index contributed by atoms with van der Waals surface area (Å²) >= 11 is 3.36. The molecule has 1 saturated heterocycles. The summed E-state index contributed by atoms with van der Waals surface area (Å²) in [6.07, 6.45) is 5.22. The van der Waals surface area contributed by atoms with E-state index < -0.39 is 0 Å². The number of piperidine rings is 1. The largest absolute Gasteiger partial charge is 0.368 e. The van der Waals surface area contributed by atoms with E-state index in [0.29, 0.717) is 16.1 Å². The highest BCUT2D eigenvalue weighted by atomic mass is 79.9. The lowest BCUT2D eigenvalue weighted by molar-refractivity contribution is -0.384. The fraction of sp³-hybridized carbons (Fsp3) is 0.583. The third-order valence-electron chi connectivity index (χ3n) is 3.36. The lowest BCUT2D eigenvalue weighted by atomic mass is 9.99. The molecular weight excluding hydrogens is 312 g/mol. The lowest BCUT2D eigenvalue weighted by Crippen LogP contribution is -2.37. The molecule has 0 aromatic carbocycles. The Morgan fingerprint density at radius 1 is 1.63 bits per heavy atom. The quantitative estimate of drug-likeness (QED) is 0.677. The van der Waals surface area contributed by atoms with Crippen LogP contribution in [-0.4, -0.2) is 36.6 Å². The van der Waals surface area contributed by atoms with Crippen molar-refractivity contribution in [3.05, 3.63) is 27.0 Å². The van der Waals surface area contributed by atoms with Gasteiger partial charge >= 0.3 is 5.69 Å². The smallest absolute Gasteiger partial charge is 0.311 e. The van der Waals surface area contributed by atoms with Gasteiger partial charge in [-0.1, -0.05) is 0 Å². The summed E-state index contributed by atoms with van der Waals surface area (Å²) in [7, 11) is 1.89. The molecule has 1 aromatic rings. The zero-order valence-electron chi connectivity index (χ0n) is 10.8. The number of aromatic nitrogens is 1. The fourth-order valence-electron chi connectivity index (χ4n) is 2.49. The van der Waals surface area contributed by atoms with E-state index in [9.17, 15) is 10.1 Å². The van der Waals surface area contributed by atoms with Crippen LogP contribution in [0.15, 0.2) is 16.9 Å². The van der Waals surface area contributed by atoms with Gasteiger partial charge in [0.2, 0.25) is 0 Å². The Balaban J connectivity index is 2.17. The predicted octanol–water partition coefficient (Wildman–Crippen LogP) is 2.19. The molecule has 6 nitrogen and oxygen atoms in total. The maximum atomic E-state index is 11.1. The zero-order chi connectivity index (χ0) is 13.8. The molecule has 0 spiro atoms. The number of nitrogens with zero attached hydrogens (tertiary/aromatic N) is 3. The average molecular weight is 329 g/mol. The Morgan fingerprint density at radius 2 is 2.42 bits per heavy atom. The van der Waals surface area contributed by atoms with Gasteiger partial charge in [0.1, 0.15) is 11.9 Å². The minimum absolute atomic E-state index is 0.0423. The third kappa shape index (κ3) is 3.42. The van der Waals surface area contributed by atoms with Crippen LogP contribution in [0, 0.1) is 16.0 Å². The van der Waals surface area contributed by atoms with Crippen molar-refractivity contribution in [2.24, 2.45) is 5.92 Å². The SMILES string of the molecule is CN(CC1CCCNC1)c1c(Br)cncc1[N+](=O)[O-]. The second-order valence-corrected chi connectivity index (χ2v) is 5.69. The van der Waals surface area contributed by atoms with Crippen LogP contribution >= 0.6 is 15.9 Å². The Labute approximate surface area is 120 Å². The summed E-state index contributed by atoms with van der Waals surface area (Å²) in [6.45, 7) is 2.84. The summed E-state index contributed by atoms with van der Waals surface area (Å²) in [6, 6.07) is 0. The summed E-state index contributed by atoms with van der Waals surface area (Å²) in [5.41, 5.74) is 0.645. The maximum absolute atomic E-state index is 11.1. The maximum Gasteiger partial charge on any atom is 0.311 e. The molecule has 0 aliphatic carbocycles. The van der Waals surface area contributed by atoms with E-state index in [1.807, 2.05) is 11.9 Å². The van der Waals surface area contributed by atoms with Gasteiger partial charge in [-0.3, -0.25) is 15.1 Å². The van der Waals surface area contributed by atoms with E-state index in [1.54, 1.807) is 6.20 Å². The van der Waals surface area contributed by atoms with Crippen LogP contribution in [0.4, 0.5) is 11.4 Å². The summed E-state index contributed by atoms with van der Waals surface area (Å²) in [5.74, 6) is 0.526. The molecule has 1 unspecified atom stereocenters. The number of hydrogen-bond donors (Lipinski definition) is 1. The Kier molecular flexibility index (Phi) is 4.71. The van der Waals surface area contributed by atoms with Crippen molar-refractivity contribution in [3.63, 3.8) is 0 Å². The summed E-state index contributed by atoms with van der Waals surface area (Å²) < 4.78 is 0.660. The van der Waals surface area contributed by atoms with Crippen LogP contribution in [0.5, 0.6) is 0 Å². The zero-order valence-corrected chi connectivity index (χ0v) is 12.4. The van der Waals surface area contributed by atoms with Crippen molar-refractivity contribution in [3.8, 4) is 0 Å². The number of nitrogens with one attached hydrogen (secondary N) is 1. The molecule has 1 N–H and O–H groups in total. The molecular formula is C12H17BrN4O2. The van der Waals surface area contributed by atoms with E-state index in [4.69, 9.17) is 0 Å². The lowest BCUT2D eigenvalue weighted by Gasteiger charge is -2.29. The highest BCUT2D eigenvalue weighted by Crippen LogP contribution is 2.34. The van der Waals surface area contributed by atoms with Crippen molar-refractivity contribution in [1.82, 2.24) is 10.3 Å². The van der Waals surface area contributed by atoms with Crippen molar-refractivity contribution in [2.45, 2.75) is 12.8 Å². The van der Waals surface area contributed by atoms with Crippen molar-refractivity contribution >= 4 is 27.3 Å². The number of nitro groups is 1. The Morgan fingerprint density at radius 3 is 3.05 bits per heavy atom. The van der Waals surface area contributed by atoms with E-state index in [-0.39, 0.29) is 10.6 Å². The molecule has 2 heterocycles. The monoisotopic (exact) mass is 328 g/mol. The number of pyridine rings is 1. The fourth-order valence-corrected chi connectivity index (χ4v) is 3.11. The summed E-state index contributed by atoms with van der Waals surface area (Å²) in [5, 5.41) is 14.4. The van der Waals surface area contributed by atoms with Crippen LogP contribution < -0.4 is 10.2 Å². The van der Waals surface area contributed by atoms with Gasteiger partial charge in [-0.2, -0.15) is 0 Å². The second kappa shape index (κ2) is 6.29. The molecule has 0 saturated carbocycles. The Bertz CT molecular complexity index is 463. The van der Waals surface area contributed by atoms with Gasteiger partial charge in [0.05, 0.1) is 9.40 Å². The molecule has 2 rings (SSSR count). The molecule has 0 bridgehead atoms. The van der Waals surface area contributed by atoms with Gasteiger partial charge in [-0.25, -0.2) is 0 Å². The normalized spacial score (nSPS) is 19.2. The third-order valence-corrected chi connectivity index (χ3v) is 3.94. The van der Waals surface area contributed by atoms with Crippen molar-refractivity contribution < 1.29 is 4.92 Å². The molecule has 1 aliphatic heterocycles. The van der Waals surface area contributed by atoms with Gasteiger partial charge in [0.25, 0.3) is 0 Å². The Hall–Kier alpha value is -1.21. The van der Waals surface area contributed by atoms with Gasteiger partial charge in [0, 0.05) is 19.8 Å².